The van der Waals surface area contributed by atoms with Crippen molar-refractivity contribution in [3.8, 4) is 0 Å². The number of imidazole rings is 1. The quantitative estimate of drug-likeness (QED) is 0.421. The Labute approximate surface area is 142 Å². The number of carbonyl (C=O) groups is 1. The van der Waals surface area contributed by atoms with Gasteiger partial charge in [0.1, 0.15) is 10.5 Å². The van der Waals surface area contributed by atoms with Gasteiger partial charge in [0.15, 0.2) is 5.65 Å². The number of benzene rings is 1. The van der Waals surface area contributed by atoms with Crippen LogP contribution in [0.2, 0.25) is 5.28 Å². The zero-order valence-corrected chi connectivity index (χ0v) is 13.9. The summed E-state index contributed by atoms with van der Waals surface area (Å²) in [6, 6.07) is 9.76. The number of fused-ring (bicyclic) bond motifs is 1. The average Bonchev–Trinajstić information content (AvgIpc) is 3.01. The highest BCUT2D eigenvalue weighted by Crippen LogP contribution is 2.24. The number of amides is 1. The number of thioether (sulfide) groups is 1. The van der Waals surface area contributed by atoms with Gasteiger partial charge in [-0.25, -0.2) is 9.97 Å². The van der Waals surface area contributed by atoms with E-state index in [4.69, 9.17) is 11.6 Å². The van der Waals surface area contributed by atoms with Gasteiger partial charge in [0.25, 0.3) is 0 Å². The predicted molar refractivity (Wildman–Crippen MR) is 90.4 cm³/mol. The van der Waals surface area contributed by atoms with Crippen molar-refractivity contribution in [1.29, 1.82) is 0 Å². The number of nitrogens with one attached hydrogen (secondary N) is 2. The number of halogens is 1. The van der Waals surface area contributed by atoms with E-state index in [2.05, 4.69) is 25.3 Å². The number of aromatic amines is 1. The Bertz CT molecular complexity index is 823. The van der Waals surface area contributed by atoms with Crippen LogP contribution >= 0.6 is 23.4 Å². The minimum atomic E-state index is -0.0752. The van der Waals surface area contributed by atoms with Crippen molar-refractivity contribution in [1.82, 2.24) is 25.3 Å². The Balaban J connectivity index is 1.63. The molecular weight excluding hydrogens is 334 g/mol. The lowest BCUT2D eigenvalue weighted by Gasteiger charge is -2.14. The third kappa shape index (κ3) is 3.80. The Morgan fingerprint density at radius 3 is 2.91 bits per heavy atom. The van der Waals surface area contributed by atoms with E-state index in [-0.39, 0.29) is 23.0 Å². The molecule has 0 aliphatic carbocycles. The summed E-state index contributed by atoms with van der Waals surface area (Å²) in [5.41, 5.74) is 2.24. The second kappa shape index (κ2) is 6.97. The molecule has 8 heteroatoms. The molecule has 6 nitrogen and oxygen atoms in total. The molecule has 0 aliphatic heterocycles. The molecule has 0 spiro atoms. The minimum absolute atomic E-state index is 0.0505. The number of H-pyrrole nitrogens is 1. The van der Waals surface area contributed by atoms with Gasteiger partial charge in [-0.15, -0.1) is 0 Å². The number of nitrogens with zero attached hydrogens (tertiary/aromatic N) is 3. The van der Waals surface area contributed by atoms with Crippen molar-refractivity contribution in [3.63, 3.8) is 0 Å². The van der Waals surface area contributed by atoms with Gasteiger partial charge in [-0.2, -0.15) is 4.98 Å². The number of aromatic nitrogens is 4. The van der Waals surface area contributed by atoms with Crippen LogP contribution in [0.4, 0.5) is 0 Å². The molecule has 1 amide bonds. The number of hydrogen-bond acceptors (Lipinski definition) is 5. The molecule has 0 aliphatic rings. The number of carbonyl (C=O) groups excluding carboxylic acids is 1. The molecule has 0 bridgehead atoms. The molecule has 1 atom stereocenters. The Morgan fingerprint density at radius 2 is 2.13 bits per heavy atom. The van der Waals surface area contributed by atoms with Gasteiger partial charge < -0.3 is 10.3 Å². The van der Waals surface area contributed by atoms with Crippen LogP contribution in [-0.2, 0) is 4.79 Å². The van der Waals surface area contributed by atoms with E-state index in [1.54, 1.807) is 0 Å². The molecule has 0 saturated heterocycles. The molecular formula is C15H14ClN5OS. The summed E-state index contributed by atoms with van der Waals surface area (Å²) in [4.78, 5) is 27.3. The van der Waals surface area contributed by atoms with E-state index in [0.29, 0.717) is 16.2 Å². The number of hydrogen-bond donors (Lipinski definition) is 2. The summed E-state index contributed by atoms with van der Waals surface area (Å²) in [5.74, 6) is 0.160. The van der Waals surface area contributed by atoms with Crippen molar-refractivity contribution in [2.24, 2.45) is 0 Å². The normalized spacial score (nSPS) is 12.3. The average molecular weight is 348 g/mol. The molecule has 2 heterocycles. The zero-order chi connectivity index (χ0) is 16.2. The van der Waals surface area contributed by atoms with Crippen LogP contribution in [0.1, 0.15) is 18.5 Å². The van der Waals surface area contributed by atoms with Gasteiger partial charge >= 0.3 is 0 Å². The van der Waals surface area contributed by atoms with Crippen molar-refractivity contribution in [2.75, 3.05) is 5.75 Å². The summed E-state index contributed by atoms with van der Waals surface area (Å²) in [7, 11) is 0. The molecule has 23 heavy (non-hydrogen) atoms. The fourth-order valence-electron chi connectivity index (χ4n) is 2.13. The highest BCUT2D eigenvalue weighted by atomic mass is 35.5. The Morgan fingerprint density at radius 1 is 1.35 bits per heavy atom. The van der Waals surface area contributed by atoms with Crippen LogP contribution in [0.3, 0.4) is 0 Å². The third-order valence-electron chi connectivity index (χ3n) is 3.24. The molecule has 0 fully saturated rings. The van der Waals surface area contributed by atoms with Crippen LogP contribution in [0.15, 0.2) is 41.7 Å². The highest BCUT2D eigenvalue weighted by molar-refractivity contribution is 8.00. The van der Waals surface area contributed by atoms with E-state index in [1.807, 2.05) is 37.3 Å². The molecule has 3 rings (SSSR count). The standard InChI is InChI=1S/C15H14ClN5OS/c1-9(10-5-3-2-4-6-10)19-11(22)7-23-14-12-13(18-8-17-12)20-15(16)21-14/h2-6,8-9H,7H2,1H3,(H,19,22)(H,17,18,20,21). The molecule has 0 saturated carbocycles. The largest absolute Gasteiger partial charge is 0.349 e. The molecule has 2 N–H and O–H groups in total. The van der Waals surface area contributed by atoms with Crippen LogP contribution in [0.5, 0.6) is 0 Å². The van der Waals surface area contributed by atoms with E-state index >= 15 is 0 Å². The SMILES string of the molecule is CC(NC(=O)CSc1nc(Cl)nc2nc[nH]c12)c1ccccc1. The molecule has 2 aromatic heterocycles. The maximum absolute atomic E-state index is 12.1. The third-order valence-corrected chi connectivity index (χ3v) is 4.39. The lowest BCUT2D eigenvalue weighted by atomic mass is 10.1. The molecule has 118 valence electrons. The predicted octanol–water partition coefficient (Wildman–Crippen LogP) is 2.98. The summed E-state index contributed by atoms with van der Waals surface area (Å²) < 4.78 is 0. The minimum Gasteiger partial charge on any atom is -0.349 e. The molecule has 3 aromatic rings. The van der Waals surface area contributed by atoms with Gasteiger partial charge in [0, 0.05) is 0 Å². The van der Waals surface area contributed by atoms with E-state index in [9.17, 15) is 4.79 Å². The summed E-state index contributed by atoms with van der Waals surface area (Å²) >= 11 is 7.17. The second-order valence-corrected chi connectivity index (χ2v) is 6.19. The maximum Gasteiger partial charge on any atom is 0.230 e. The molecule has 1 unspecified atom stereocenters. The van der Waals surface area contributed by atoms with Crippen LogP contribution < -0.4 is 5.32 Å². The highest BCUT2D eigenvalue weighted by Gasteiger charge is 2.13. The first-order chi connectivity index (χ1) is 11.1. The summed E-state index contributed by atoms with van der Waals surface area (Å²) in [6.45, 7) is 1.95. The smallest absolute Gasteiger partial charge is 0.230 e. The first-order valence-electron chi connectivity index (χ1n) is 6.97. The van der Waals surface area contributed by atoms with Gasteiger partial charge in [0.05, 0.1) is 18.1 Å². The van der Waals surface area contributed by atoms with Crippen molar-refractivity contribution in [3.05, 3.63) is 47.5 Å². The Kier molecular flexibility index (Phi) is 4.78. The van der Waals surface area contributed by atoms with E-state index in [0.717, 1.165) is 5.56 Å². The topological polar surface area (TPSA) is 83.6 Å². The van der Waals surface area contributed by atoms with E-state index < -0.39 is 0 Å². The molecule has 0 radical (unpaired) electrons. The van der Waals surface area contributed by atoms with E-state index in [1.165, 1.54) is 18.1 Å². The fourth-order valence-corrected chi connectivity index (χ4v) is 3.14. The van der Waals surface area contributed by atoms with Crippen LogP contribution in [-0.4, -0.2) is 31.6 Å². The van der Waals surface area contributed by atoms with Gasteiger partial charge in [-0.1, -0.05) is 42.1 Å². The fraction of sp³-hybridized carbons (Fsp3) is 0.200. The Hall–Kier alpha value is -2.12. The summed E-state index contributed by atoms with van der Waals surface area (Å²) in [5, 5.41) is 3.69. The first-order valence-corrected chi connectivity index (χ1v) is 8.33. The lowest BCUT2D eigenvalue weighted by molar-refractivity contribution is -0.119. The summed E-state index contributed by atoms with van der Waals surface area (Å²) in [6.07, 6.45) is 1.53. The van der Waals surface area contributed by atoms with Gasteiger partial charge in [0.2, 0.25) is 11.2 Å². The van der Waals surface area contributed by atoms with Crippen LogP contribution in [0, 0.1) is 0 Å². The lowest BCUT2D eigenvalue weighted by Crippen LogP contribution is -2.28. The zero-order valence-electron chi connectivity index (χ0n) is 12.3. The van der Waals surface area contributed by atoms with Gasteiger partial charge in [-0.05, 0) is 24.1 Å². The second-order valence-electron chi connectivity index (χ2n) is 4.89. The van der Waals surface area contributed by atoms with Crippen molar-refractivity contribution >= 4 is 40.4 Å². The van der Waals surface area contributed by atoms with Crippen LogP contribution in [0.25, 0.3) is 11.2 Å². The number of rotatable bonds is 5. The first kappa shape index (κ1) is 15.8. The van der Waals surface area contributed by atoms with Gasteiger partial charge in [-0.3, -0.25) is 4.79 Å². The monoisotopic (exact) mass is 347 g/mol. The van der Waals surface area contributed by atoms with Crippen molar-refractivity contribution in [2.45, 2.75) is 18.0 Å². The molecule has 1 aromatic carbocycles. The maximum atomic E-state index is 12.1. The van der Waals surface area contributed by atoms with Crippen molar-refractivity contribution < 1.29 is 4.79 Å².